The number of phenols is 2. The molecule has 3 heterocycles. The zero-order valence-corrected chi connectivity index (χ0v) is 32.9. The lowest BCUT2D eigenvalue weighted by Gasteiger charge is -2.47. The third kappa shape index (κ3) is 8.62. The van der Waals surface area contributed by atoms with Crippen molar-refractivity contribution in [2.24, 2.45) is 11.8 Å². The Morgan fingerprint density at radius 2 is 1.46 bits per heavy atom. The second-order valence-electron chi connectivity index (χ2n) is 14.4. The zero-order chi connectivity index (χ0) is 42.9. The maximum absolute atomic E-state index is 14.0. The Labute approximate surface area is 340 Å². The molecule has 0 aromatic heterocycles. The van der Waals surface area contributed by atoms with Gasteiger partial charge in [0.25, 0.3) is 11.4 Å². The summed E-state index contributed by atoms with van der Waals surface area (Å²) < 4.78 is 16.8. The summed E-state index contributed by atoms with van der Waals surface area (Å²) in [6.07, 6.45) is -1.67. The van der Waals surface area contributed by atoms with E-state index in [4.69, 9.17) is 14.2 Å². The van der Waals surface area contributed by atoms with Crippen LogP contribution in [0.5, 0.6) is 11.5 Å². The number of hydrogen-bond donors (Lipinski definition) is 2. The van der Waals surface area contributed by atoms with Gasteiger partial charge in [-0.25, -0.2) is 14.4 Å². The molecule has 3 amide bonds. The highest BCUT2D eigenvalue weighted by Gasteiger charge is 2.61. The fourth-order valence-electron chi connectivity index (χ4n) is 7.29. The topological polar surface area (TPSA) is 250 Å². The normalized spacial score (nSPS) is 21.3. The standard InChI is InChI=1S/C39H39N5O14S/c1-20-32-31(21(2)58-37(49)24-9-14-29(45)30(46)15-24)36(48)42(32)33(38(50)56-18-22-5-10-25(11-6-22)43(52)53)34(20)59-27-16-28(35(47)40(3)4)41(17-27)39(51)57-19-23-7-12-26(13-8-23)44(54)55/h5-15,20-21,27-28,31-32,45-46H,16-19H2,1-4H3/t20-,21?,27+,28+,31-,32-/m1/s1. The van der Waals surface area contributed by atoms with E-state index in [-0.39, 0.29) is 54.7 Å². The molecule has 0 spiro atoms. The summed E-state index contributed by atoms with van der Waals surface area (Å²) in [5.41, 5.74) is 0.501. The Morgan fingerprint density at radius 1 is 0.881 bits per heavy atom. The number of non-ortho nitro benzene ring substituents is 2. The van der Waals surface area contributed by atoms with Gasteiger partial charge in [0, 0.05) is 61.0 Å². The fraction of sp³-hybridized carbons (Fsp3) is 0.359. The van der Waals surface area contributed by atoms with E-state index in [0.717, 1.165) is 12.1 Å². The van der Waals surface area contributed by atoms with Gasteiger partial charge in [-0.1, -0.05) is 6.92 Å². The van der Waals surface area contributed by atoms with Crippen LogP contribution in [0.25, 0.3) is 0 Å². The number of nitro benzene ring substituents is 2. The molecule has 0 radical (unpaired) electrons. The molecule has 0 bridgehead atoms. The molecule has 3 aliphatic rings. The van der Waals surface area contributed by atoms with Crippen molar-refractivity contribution < 1.29 is 58.2 Å². The van der Waals surface area contributed by atoms with Gasteiger partial charge < -0.3 is 34.2 Å². The number of fused-ring (bicyclic) bond motifs is 1. The van der Waals surface area contributed by atoms with Gasteiger partial charge in [0.15, 0.2) is 11.5 Å². The van der Waals surface area contributed by atoms with Crippen LogP contribution in [0.2, 0.25) is 0 Å². The van der Waals surface area contributed by atoms with Crippen molar-refractivity contribution in [1.82, 2.24) is 14.7 Å². The van der Waals surface area contributed by atoms with Gasteiger partial charge in [0.1, 0.15) is 31.1 Å². The van der Waals surface area contributed by atoms with Crippen LogP contribution in [0.4, 0.5) is 16.2 Å². The number of phenolic OH excluding ortho intramolecular Hbond substituents is 2. The van der Waals surface area contributed by atoms with Gasteiger partial charge in [0.2, 0.25) is 11.8 Å². The first kappa shape index (κ1) is 41.9. The predicted octanol–water partition coefficient (Wildman–Crippen LogP) is 4.49. The van der Waals surface area contributed by atoms with Crippen molar-refractivity contribution in [2.75, 3.05) is 20.6 Å². The number of nitro groups is 2. The number of hydrogen-bond acceptors (Lipinski definition) is 15. The number of rotatable bonds is 13. The number of ether oxygens (including phenoxy) is 3. The number of β-lactam (4-membered cyclic amide) rings is 1. The van der Waals surface area contributed by atoms with E-state index in [9.17, 15) is 54.4 Å². The van der Waals surface area contributed by atoms with E-state index in [1.165, 1.54) is 88.0 Å². The minimum atomic E-state index is -1.01. The molecule has 2 N–H and O–H groups in total. The summed E-state index contributed by atoms with van der Waals surface area (Å²) in [6.45, 7) is 2.81. The molecule has 3 aromatic rings. The summed E-state index contributed by atoms with van der Waals surface area (Å²) in [7, 11) is 3.08. The summed E-state index contributed by atoms with van der Waals surface area (Å²) in [5.74, 6) is -5.06. The first-order chi connectivity index (χ1) is 28.0. The first-order valence-electron chi connectivity index (χ1n) is 18.2. The van der Waals surface area contributed by atoms with Gasteiger partial charge in [-0.3, -0.25) is 34.7 Å². The third-order valence-electron chi connectivity index (χ3n) is 10.3. The van der Waals surface area contributed by atoms with Crippen LogP contribution < -0.4 is 0 Å². The predicted molar refractivity (Wildman–Crippen MR) is 206 cm³/mol. The van der Waals surface area contributed by atoms with Crippen molar-refractivity contribution in [3.05, 3.63) is 114 Å². The van der Waals surface area contributed by atoms with Crippen molar-refractivity contribution in [1.29, 1.82) is 0 Å². The van der Waals surface area contributed by atoms with Crippen molar-refractivity contribution >= 4 is 53.0 Å². The second kappa shape index (κ2) is 17.0. The summed E-state index contributed by atoms with van der Waals surface area (Å²) in [4.78, 5) is 93.2. The Bertz CT molecular complexity index is 2230. The third-order valence-corrected chi connectivity index (χ3v) is 11.8. The van der Waals surface area contributed by atoms with E-state index in [1.807, 2.05) is 0 Å². The number of benzene rings is 3. The number of carbonyl (C=O) groups excluding carboxylic acids is 5. The summed E-state index contributed by atoms with van der Waals surface area (Å²) in [5, 5.41) is 41.2. The van der Waals surface area contributed by atoms with Gasteiger partial charge in [-0.05, 0) is 66.9 Å². The molecular weight excluding hydrogens is 795 g/mol. The molecule has 0 aliphatic carbocycles. The van der Waals surface area contributed by atoms with Crippen LogP contribution in [-0.4, -0.2) is 109 Å². The number of likely N-dealkylation sites (N-methyl/N-ethyl adjacent to an activating group) is 1. The van der Waals surface area contributed by atoms with Crippen molar-refractivity contribution in [3.8, 4) is 11.5 Å². The molecule has 20 heteroatoms. The average Bonchev–Trinajstić information content (AvgIpc) is 3.73. The average molecular weight is 834 g/mol. The number of aromatic hydroxyl groups is 2. The van der Waals surface area contributed by atoms with E-state index >= 15 is 0 Å². The first-order valence-corrected chi connectivity index (χ1v) is 19.1. The van der Waals surface area contributed by atoms with Gasteiger partial charge in [-0.2, -0.15) is 0 Å². The highest BCUT2D eigenvalue weighted by Crippen LogP contribution is 2.53. The van der Waals surface area contributed by atoms with Crippen molar-refractivity contribution in [3.63, 3.8) is 0 Å². The van der Waals surface area contributed by atoms with Gasteiger partial charge in [0.05, 0.1) is 27.4 Å². The molecule has 1 unspecified atom stereocenters. The highest BCUT2D eigenvalue weighted by atomic mass is 32.2. The van der Waals surface area contributed by atoms with Crippen LogP contribution in [0, 0.1) is 32.1 Å². The quantitative estimate of drug-likeness (QED) is 0.0601. The smallest absolute Gasteiger partial charge is 0.410 e. The van der Waals surface area contributed by atoms with E-state index in [2.05, 4.69) is 0 Å². The lowest BCUT2D eigenvalue weighted by Crippen LogP contribution is -2.64. The molecule has 0 saturated carbocycles. The summed E-state index contributed by atoms with van der Waals surface area (Å²) >= 11 is 1.20. The molecule has 3 aromatic carbocycles. The highest BCUT2D eigenvalue weighted by molar-refractivity contribution is 8.03. The largest absolute Gasteiger partial charge is 0.504 e. The molecule has 2 fully saturated rings. The van der Waals surface area contributed by atoms with Crippen molar-refractivity contribution in [2.45, 2.75) is 56.9 Å². The molecule has 59 heavy (non-hydrogen) atoms. The van der Waals surface area contributed by atoms with Gasteiger partial charge in [-0.15, -0.1) is 11.8 Å². The number of carbonyl (C=O) groups is 5. The fourth-order valence-corrected chi connectivity index (χ4v) is 8.81. The Kier molecular flexibility index (Phi) is 12.1. The minimum Gasteiger partial charge on any atom is -0.504 e. The Morgan fingerprint density at radius 3 is 2.00 bits per heavy atom. The van der Waals surface area contributed by atoms with E-state index in [1.54, 1.807) is 21.0 Å². The second-order valence-corrected chi connectivity index (χ2v) is 15.7. The SMILES string of the molecule is CC(OC(=O)c1ccc(O)c(O)c1)[C@H]1C(=O)N2C(C(=O)OCc3ccc([N+](=O)[O-])cc3)=C(S[C@H]3C[C@@H](C(=O)N(C)C)N(C(=O)OCc4ccc([N+](=O)[O-])cc4)C3)[C@H](C)[C@H]12. The summed E-state index contributed by atoms with van der Waals surface area (Å²) in [6, 6.07) is 12.6. The van der Waals surface area contributed by atoms with Crippen LogP contribution in [-0.2, 0) is 41.8 Å². The zero-order valence-electron chi connectivity index (χ0n) is 32.1. The lowest BCUT2D eigenvalue weighted by molar-refractivity contribution is -0.385. The van der Waals surface area contributed by atoms with Crippen LogP contribution in [0.3, 0.4) is 0 Å². The lowest BCUT2D eigenvalue weighted by atomic mass is 9.79. The number of amides is 3. The molecule has 19 nitrogen and oxygen atoms in total. The van der Waals surface area contributed by atoms with E-state index in [0.29, 0.717) is 16.0 Å². The van der Waals surface area contributed by atoms with Crippen LogP contribution >= 0.6 is 11.8 Å². The Balaban J connectivity index is 1.23. The van der Waals surface area contributed by atoms with Gasteiger partial charge >= 0.3 is 18.0 Å². The van der Waals surface area contributed by atoms with Crippen LogP contribution in [0.1, 0.15) is 41.8 Å². The Hall–Kier alpha value is -6.70. The maximum atomic E-state index is 14.0. The molecule has 2 saturated heterocycles. The molecule has 3 aliphatic heterocycles. The monoisotopic (exact) mass is 833 g/mol. The molecule has 6 atom stereocenters. The molecule has 310 valence electrons. The van der Waals surface area contributed by atoms with Crippen LogP contribution in [0.15, 0.2) is 77.3 Å². The maximum Gasteiger partial charge on any atom is 0.410 e. The van der Waals surface area contributed by atoms with E-state index < -0.39 is 80.6 Å². The number of likely N-dealkylation sites (tertiary alicyclic amines) is 1. The minimum absolute atomic E-state index is 0.00484. The molecule has 6 rings (SSSR count). The molecular formula is C39H39N5O14S. The number of esters is 2. The number of nitrogens with zero attached hydrogens (tertiary/aromatic N) is 5. The number of thioether (sulfide) groups is 1.